The SMILES string of the molecule is Cc1cccc(-c2cc(C)cc(N)c2)c1. The third-order valence-corrected chi connectivity index (χ3v) is 2.45. The molecule has 0 saturated carbocycles. The second kappa shape index (κ2) is 3.77. The Bertz CT molecular complexity index is 466. The van der Waals surface area contributed by atoms with E-state index in [4.69, 9.17) is 5.73 Å². The number of aryl methyl sites for hydroxylation is 2. The van der Waals surface area contributed by atoms with E-state index >= 15 is 0 Å². The van der Waals surface area contributed by atoms with Gasteiger partial charge in [-0.1, -0.05) is 35.9 Å². The summed E-state index contributed by atoms with van der Waals surface area (Å²) >= 11 is 0. The molecule has 0 fully saturated rings. The van der Waals surface area contributed by atoms with Crippen LogP contribution in [0.1, 0.15) is 11.1 Å². The Kier molecular flexibility index (Phi) is 2.46. The van der Waals surface area contributed by atoms with Crippen LogP contribution in [0.3, 0.4) is 0 Å². The average Bonchev–Trinajstić information content (AvgIpc) is 2.16. The first-order chi connectivity index (χ1) is 7.15. The van der Waals surface area contributed by atoms with Gasteiger partial charge in [0.2, 0.25) is 0 Å². The lowest BCUT2D eigenvalue weighted by Gasteiger charge is -2.05. The summed E-state index contributed by atoms with van der Waals surface area (Å²) in [5.41, 5.74) is 11.5. The van der Waals surface area contributed by atoms with Gasteiger partial charge in [-0.3, -0.25) is 0 Å². The molecule has 76 valence electrons. The first-order valence-electron chi connectivity index (χ1n) is 5.09. The normalized spacial score (nSPS) is 10.3. The predicted molar refractivity (Wildman–Crippen MR) is 65.8 cm³/mol. The van der Waals surface area contributed by atoms with Gasteiger partial charge >= 0.3 is 0 Å². The minimum atomic E-state index is 0.825. The van der Waals surface area contributed by atoms with Crippen molar-refractivity contribution in [3.8, 4) is 11.1 Å². The smallest absolute Gasteiger partial charge is 0.0322 e. The van der Waals surface area contributed by atoms with Crippen LogP contribution in [0, 0.1) is 13.8 Å². The molecule has 0 bridgehead atoms. The lowest BCUT2D eigenvalue weighted by molar-refractivity contribution is 1.44. The summed E-state index contributed by atoms with van der Waals surface area (Å²) in [4.78, 5) is 0. The van der Waals surface area contributed by atoms with Crippen molar-refractivity contribution in [1.82, 2.24) is 0 Å². The molecule has 15 heavy (non-hydrogen) atoms. The Morgan fingerprint density at radius 2 is 1.53 bits per heavy atom. The van der Waals surface area contributed by atoms with Crippen molar-refractivity contribution < 1.29 is 0 Å². The van der Waals surface area contributed by atoms with Crippen LogP contribution in [0.5, 0.6) is 0 Å². The Morgan fingerprint density at radius 3 is 2.20 bits per heavy atom. The number of nitrogens with two attached hydrogens (primary N) is 1. The lowest BCUT2D eigenvalue weighted by atomic mass is 10.0. The van der Waals surface area contributed by atoms with Crippen LogP contribution in [0.25, 0.3) is 11.1 Å². The van der Waals surface area contributed by atoms with Crippen LogP contribution in [0.4, 0.5) is 5.69 Å². The summed E-state index contributed by atoms with van der Waals surface area (Å²) in [6.45, 7) is 4.16. The molecule has 0 aromatic heterocycles. The molecule has 0 atom stereocenters. The molecule has 0 spiro atoms. The topological polar surface area (TPSA) is 26.0 Å². The molecule has 0 aliphatic carbocycles. The van der Waals surface area contributed by atoms with Gasteiger partial charge in [0.15, 0.2) is 0 Å². The van der Waals surface area contributed by atoms with E-state index in [1.165, 1.54) is 22.3 Å². The summed E-state index contributed by atoms with van der Waals surface area (Å²) in [5.74, 6) is 0. The molecule has 2 N–H and O–H groups in total. The Hall–Kier alpha value is -1.76. The zero-order chi connectivity index (χ0) is 10.8. The number of rotatable bonds is 1. The predicted octanol–water partition coefficient (Wildman–Crippen LogP) is 3.55. The maximum Gasteiger partial charge on any atom is 0.0322 e. The highest BCUT2D eigenvalue weighted by Crippen LogP contribution is 2.23. The second-order valence-corrected chi connectivity index (χ2v) is 4.00. The van der Waals surface area contributed by atoms with Gasteiger partial charge in [-0.05, 0) is 42.7 Å². The fourth-order valence-corrected chi connectivity index (χ4v) is 1.80. The standard InChI is InChI=1S/C14H15N/c1-10-4-3-5-12(6-10)13-7-11(2)8-14(15)9-13/h3-9H,15H2,1-2H3. The van der Waals surface area contributed by atoms with Crippen LogP contribution < -0.4 is 5.73 Å². The Morgan fingerprint density at radius 1 is 0.800 bits per heavy atom. The maximum absolute atomic E-state index is 5.83. The molecule has 0 saturated heterocycles. The first-order valence-corrected chi connectivity index (χ1v) is 5.09. The third kappa shape index (κ3) is 2.18. The summed E-state index contributed by atoms with van der Waals surface area (Å²) in [6.07, 6.45) is 0. The molecule has 0 unspecified atom stereocenters. The number of benzene rings is 2. The minimum absolute atomic E-state index is 0.825. The van der Waals surface area contributed by atoms with Crippen molar-refractivity contribution in [2.45, 2.75) is 13.8 Å². The van der Waals surface area contributed by atoms with Crippen molar-refractivity contribution in [2.75, 3.05) is 5.73 Å². The van der Waals surface area contributed by atoms with Crippen LogP contribution in [0.2, 0.25) is 0 Å². The summed E-state index contributed by atoms with van der Waals surface area (Å²) < 4.78 is 0. The van der Waals surface area contributed by atoms with E-state index in [0.29, 0.717) is 0 Å². The number of hydrogen-bond donors (Lipinski definition) is 1. The minimum Gasteiger partial charge on any atom is -0.399 e. The van der Waals surface area contributed by atoms with Crippen LogP contribution >= 0.6 is 0 Å². The van der Waals surface area contributed by atoms with Crippen molar-refractivity contribution >= 4 is 5.69 Å². The van der Waals surface area contributed by atoms with Crippen molar-refractivity contribution in [1.29, 1.82) is 0 Å². The molecular formula is C14H15N. The molecular weight excluding hydrogens is 182 g/mol. The van der Waals surface area contributed by atoms with Crippen LogP contribution in [-0.4, -0.2) is 0 Å². The molecule has 2 aromatic rings. The Balaban J connectivity index is 2.54. The van der Waals surface area contributed by atoms with Gasteiger partial charge in [-0.2, -0.15) is 0 Å². The molecule has 0 aliphatic heterocycles. The van der Waals surface area contributed by atoms with E-state index in [9.17, 15) is 0 Å². The van der Waals surface area contributed by atoms with E-state index in [0.717, 1.165) is 5.69 Å². The third-order valence-electron chi connectivity index (χ3n) is 2.45. The van der Waals surface area contributed by atoms with Gasteiger partial charge in [0.25, 0.3) is 0 Å². The summed E-state index contributed by atoms with van der Waals surface area (Å²) in [7, 11) is 0. The lowest BCUT2D eigenvalue weighted by Crippen LogP contribution is -1.88. The van der Waals surface area contributed by atoms with Crippen LogP contribution in [0.15, 0.2) is 42.5 Å². The fourth-order valence-electron chi connectivity index (χ4n) is 1.80. The highest BCUT2D eigenvalue weighted by Gasteiger charge is 1.99. The average molecular weight is 197 g/mol. The fraction of sp³-hybridized carbons (Fsp3) is 0.143. The summed E-state index contributed by atoms with van der Waals surface area (Å²) in [5, 5.41) is 0. The van der Waals surface area contributed by atoms with Gasteiger partial charge < -0.3 is 5.73 Å². The van der Waals surface area contributed by atoms with E-state index in [1.54, 1.807) is 0 Å². The Labute approximate surface area is 90.6 Å². The monoisotopic (exact) mass is 197 g/mol. The second-order valence-electron chi connectivity index (χ2n) is 4.00. The summed E-state index contributed by atoms with van der Waals surface area (Å²) in [6, 6.07) is 14.6. The van der Waals surface area contributed by atoms with Gasteiger partial charge in [0.05, 0.1) is 0 Å². The molecule has 0 aliphatic rings. The van der Waals surface area contributed by atoms with Crippen molar-refractivity contribution in [2.24, 2.45) is 0 Å². The molecule has 1 heteroatoms. The van der Waals surface area contributed by atoms with E-state index in [-0.39, 0.29) is 0 Å². The quantitative estimate of drug-likeness (QED) is 0.695. The molecule has 0 radical (unpaired) electrons. The highest BCUT2D eigenvalue weighted by molar-refractivity contribution is 5.68. The molecule has 2 aromatic carbocycles. The van der Waals surface area contributed by atoms with Crippen molar-refractivity contribution in [3.63, 3.8) is 0 Å². The number of anilines is 1. The number of hydrogen-bond acceptors (Lipinski definition) is 1. The maximum atomic E-state index is 5.83. The van der Waals surface area contributed by atoms with Gasteiger partial charge in [0, 0.05) is 5.69 Å². The molecule has 0 heterocycles. The van der Waals surface area contributed by atoms with E-state index in [1.807, 2.05) is 12.1 Å². The zero-order valence-electron chi connectivity index (χ0n) is 9.12. The zero-order valence-corrected chi connectivity index (χ0v) is 9.12. The van der Waals surface area contributed by atoms with Crippen LogP contribution in [-0.2, 0) is 0 Å². The highest BCUT2D eigenvalue weighted by atomic mass is 14.5. The van der Waals surface area contributed by atoms with E-state index in [2.05, 4.69) is 44.2 Å². The molecule has 0 amide bonds. The van der Waals surface area contributed by atoms with E-state index < -0.39 is 0 Å². The largest absolute Gasteiger partial charge is 0.399 e. The number of nitrogen functional groups attached to an aromatic ring is 1. The van der Waals surface area contributed by atoms with Gasteiger partial charge in [-0.15, -0.1) is 0 Å². The first kappa shape index (κ1) is 9.78. The van der Waals surface area contributed by atoms with Crippen molar-refractivity contribution in [3.05, 3.63) is 53.6 Å². The molecule has 2 rings (SSSR count). The van der Waals surface area contributed by atoms with Gasteiger partial charge in [0.1, 0.15) is 0 Å². The molecule has 1 nitrogen and oxygen atoms in total. The van der Waals surface area contributed by atoms with Gasteiger partial charge in [-0.25, -0.2) is 0 Å².